The van der Waals surface area contributed by atoms with Gasteiger partial charge in [-0.1, -0.05) is 50.2 Å². The number of hydrogen-bond donors (Lipinski definition) is 4. The molecule has 2 aromatic rings. The van der Waals surface area contributed by atoms with Crippen LogP contribution < -0.4 is 10.0 Å². The SMILES string of the molecule is CNc1cccc(S(=O)(=O)N(C[C@@H](O)[C@H](Cc2ccccc2)N(C(=O)O)[C@H]2CO[C@H]3OCC[C@H]32)CC(C)(C)CCCNS(C)(=O)=O)c1. The number of amides is 1. The summed E-state index contributed by atoms with van der Waals surface area (Å²) in [7, 11) is -5.88. The smallest absolute Gasteiger partial charge is 0.407 e. The van der Waals surface area contributed by atoms with Gasteiger partial charge in [0.1, 0.15) is 0 Å². The van der Waals surface area contributed by atoms with Crippen LogP contribution in [0.15, 0.2) is 59.5 Å². The number of fused-ring (bicyclic) bond motifs is 1. The molecule has 47 heavy (non-hydrogen) atoms. The van der Waals surface area contributed by atoms with Crippen LogP contribution in [0.2, 0.25) is 0 Å². The van der Waals surface area contributed by atoms with E-state index in [9.17, 15) is 31.8 Å². The lowest BCUT2D eigenvalue weighted by Gasteiger charge is -2.40. The highest BCUT2D eigenvalue weighted by molar-refractivity contribution is 7.89. The first-order valence-corrected chi connectivity index (χ1v) is 19.1. The van der Waals surface area contributed by atoms with Crippen LogP contribution in [0.4, 0.5) is 10.5 Å². The normalized spacial score (nSPS) is 21.4. The lowest BCUT2D eigenvalue weighted by Crippen LogP contribution is -2.58. The summed E-state index contributed by atoms with van der Waals surface area (Å²) in [5, 5.41) is 25.5. The second-order valence-corrected chi connectivity index (χ2v) is 16.9. The van der Waals surface area contributed by atoms with Crippen LogP contribution >= 0.6 is 0 Å². The fourth-order valence-corrected chi connectivity index (χ4v) is 8.66. The predicted octanol–water partition coefficient (Wildman–Crippen LogP) is 2.79. The molecular formula is C32H48N4O9S2. The first-order valence-electron chi connectivity index (χ1n) is 15.8. The Morgan fingerprint density at radius 2 is 1.81 bits per heavy atom. The minimum atomic E-state index is -4.19. The fraction of sp³-hybridized carbons (Fsp3) is 0.594. The zero-order valence-electron chi connectivity index (χ0n) is 27.4. The molecule has 0 spiro atoms. The maximum Gasteiger partial charge on any atom is 0.407 e. The minimum Gasteiger partial charge on any atom is -0.465 e. The molecule has 4 N–H and O–H groups in total. The van der Waals surface area contributed by atoms with Crippen LogP contribution in [-0.2, 0) is 35.9 Å². The Balaban J connectivity index is 1.68. The number of nitrogens with one attached hydrogen (secondary N) is 2. The van der Waals surface area contributed by atoms with Crippen molar-refractivity contribution in [3.05, 3.63) is 60.2 Å². The van der Waals surface area contributed by atoms with Crippen LogP contribution in [0.5, 0.6) is 0 Å². The predicted molar refractivity (Wildman–Crippen MR) is 178 cm³/mol. The van der Waals surface area contributed by atoms with E-state index in [2.05, 4.69) is 10.0 Å². The third kappa shape index (κ3) is 9.87. The molecule has 13 nitrogen and oxygen atoms in total. The molecule has 15 heteroatoms. The van der Waals surface area contributed by atoms with Crippen LogP contribution in [-0.4, -0.2) is 113 Å². The van der Waals surface area contributed by atoms with Gasteiger partial charge in [-0.15, -0.1) is 0 Å². The number of carboxylic acid groups (broad SMARTS) is 1. The third-order valence-electron chi connectivity index (χ3n) is 8.83. The van der Waals surface area contributed by atoms with Crippen molar-refractivity contribution in [2.75, 3.05) is 51.5 Å². The number of sulfonamides is 2. The third-order valence-corrected chi connectivity index (χ3v) is 11.4. The van der Waals surface area contributed by atoms with Crippen molar-refractivity contribution >= 4 is 31.8 Å². The molecule has 0 saturated carbocycles. The molecule has 1 amide bonds. The molecule has 0 radical (unpaired) electrons. The van der Waals surface area contributed by atoms with E-state index in [1.807, 2.05) is 44.2 Å². The number of aliphatic hydroxyl groups excluding tert-OH is 1. The molecule has 2 aliphatic rings. The van der Waals surface area contributed by atoms with Gasteiger partial charge in [0.25, 0.3) is 0 Å². The van der Waals surface area contributed by atoms with Crippen molar-refractivity contribution in [1.82, 2.24) is 13.9 Å². The minimum absolute atomic E-state index is 0.00867. The van der Waals surface area contributed by atoms with E-state index in [1.165, 1.54) is 21.3 Å². The van der Waals surface area contributed by atoms with E-state index in [4.69, 9.17) is 9.47 Å². The topological polar surface area (TPSA) is 175 Å². The Morgan fingerprint density at radius 1 is 1.09 bits per heavy atom. The summed E-state index contributed by atoms with van der Waals surface area (Å²) in [6, 6.07) is 14.0. The van der Waals surface area contributed by atoms with Gasteiger partial charge >= 0.3 is 6.09 Å². The molecule has 0 aliphatic carbocycles. The zero-order valence-corrected chi connectivity index (χ0v) is 29.0. The zero-order chi connectivity index (χ0) is 34.4. The lowest BCUT2D eigenvalue weighted by atomic mass is 9.87. The molecule has 2 saturated heterocycles. The number of carbonyl (C=O) groups is 1. The van der Waals surface area contributed by atoms with Crippen LogP contribution in [0.3, 0.4) is 0 Å². The molecule has 0 unspecified atom stereocenters. The molecule has 2 fully saturated rings. The van der Waals surface area contributed by atoms with Gasteiger partial charge in [-0.25, -0.2) is 26.4 Å². The number of anilines is 1. The Bertz CT molecular complexity index is 1560. The van der Waals surface area contributed by atoms with Gasteiger partial charge in [0, 0.05) is 38.3 Å². The molecule has 2 heterocycles. The quantitative estimate of drug-likeness (QED) is 0.180. The van der Waals surface area contributed by atoms with E-state index in [0.717, 1.165) is 11.8 Å². The first-order chi connectivity index (χ1) is 22.1. The van der Waals surface area contributed by atoms with Crippen molar-refractivity contribution in [3.8, 4) is 0 Å². The lowest BCUT2D eigenvalue weighted by molar-refractivity contribution is -0.0906. The Hall–Kier alpha value is -2.79. The van der Waals surface area contributed by atoms with Gasteiger partial charge in [0.2, 0.25) is 20.0 Å². The highest BCUT2D eigenvalue weighted by Gasteiger charge is 2.49. The second kappa shape index (κ2) is 15.6. The molecule has 0 aromatic heterocycles. The standard InChI is InChI=1S/C32H48N4O9S2/c1-32(2,15-9-16-34-46(4,40)41)22-35(47(42,43)25-13-8-12-24(19-25)33-3)20-29(37)27(18-23-10-6-5-7-11-23)36(31(38)39)28-21-45-30-26(28)14-17-44-30/h5-8,10-13,19,26-30,33-34,37H,9,14-18,20-22H2,1-4H3,(H,38,39)/t26-,27-,28-,29+,30+/m0/s1. The van der Waals surface area contributed by atoms with E-state index < -0.39 is 56.0 Å². The summed E-state index contributed by atoms with van der Waals surface area (Å²) in [6.45, 7) is 4.12. The van der Waals surface area contributed by atoms with Crippen LogP contribution in [0.25, 0.3) is 0 Å². The van der Waals surface area contributed by atoms with Crippen molar-refractivity contribution in [2.24, 2.45) is 11.3 Å². The van der Waals surface area contributed by atoms with Crippen molar-refractivity contribution in [1.29, 1.82) is 0 Å². The summed E-state index contributed by atoms with van der Waals surface area (Å²) >= 11 is 0. The van der Waals surface area contributed by atoms with E-state index in [0.29, 0.717) is 31.6 Å². The summed E-state index contributed by atoms with van der Waals surface area (Å²) in [6.07, 6.45) is -0.404. The summed E-state index contributed by atoms with van der Waals surface area (Å²) < 4.78 is 66.8. The maximum atomic E-state index is 14.3. The summed E-state index contributed by atoms with van der Waals surface area (Å²) in [5.74, 6) is -0.208. The van der Waals surface area contributed by atoms with Gasteiger partial charge < -0.3 is 25.0 Å². The highest BCUT2D eigenvalue weighted by atomic mass is 32.2. The second-order valence-electron chi connectivity index (χ2n) is 13.1. The molecule has 262 valence electrons. The molecule has 2 aromatic carbocycles. The number of ether oxygens (including phenoxy) is 2. The Labute approximate surface area is 278 Å². The Kier molecular flexibility index (Phi) is 12.3. The number of aliphatic hydroxyl groups is 1. The fourth-order valence-electron chi connectivity index (χ4n) is 6.45. The van der Waals surface area contributed by atoms with Gasteiger partial charge in [-0.2, -0.15) is 4.31 Å². The molecular weight excluding hydrogens is 649 g/mol. The maximum absolute atomic E-state index is 14.3. The Morgan fingerprint density at radius 3 is 2.47 bits per heavy atom. The van der Waals surface area contributed by atoms with Gasteiger partial charge in [-0.05, 0) is 54.9 Å². The van der Waals surface area contributed by atoms with Crippen molar-refractivity contribution in [2.45, 2.75) is 68.9 Å². The summed E-state index contributed by atoms with van der Waals surface area (Å²) in [5.41, 5.74) is 0.740. The van der Waals surface area contributed by atoms with Gasteiger partial charge in [0.15, 0.2) is 6.29 Å². The average Bonchev–Trinajstić information content (AvgIpc) is 3.64. The number of benzene rings is 2. The number of nitrogens with zero attached hydrogens (tertiary/aromatic N) is 2. The number of hydrogen-bond acceptors (Lipinski definition) is 9. The molecule has 4 rings (SSSR count). The van der Waals surface area contributed by atoms with Crippen LogP contribution in [0.1, 0.15) is 38.7 Å². The van der Waals surface area contributed by atoms with Gasteiger partial charge in [0.05, 0.1) is 42.6 Å². The van der Waals surface area contributed by atoms with E-state index in [1.54, 1.807) is 19.2 Å². The first kappa shape index (κ1) is 37.0. The van der Waals surface area contributed by atoms with Crippen molar-refractivity contribution in [3.63, 3.8) is 0 Å². The van der Waals surface area contributed by atoms with E-state index in [-0.39, 0.29) is 43.5 Å². The van der Waals surface area contributed by atoms with E-state index >= 15 is 0 Å². The monoisotopic (exact) mass is 696 g/mol. The molecule has 5 atom stereocenters. The number of rotatable bonds is 17. The van der Waals surface area contributed by atoms with Crippen molar-refractivity contribution < 1.29 is 41.3 Å². The highest BCUT2D eigenvalue weighted by Crippen LogP contribution is 2.36. The van der Waals surface area contributed by atoms with Crippen LogP contribution in [0, 0.1) is 11.3 Å². The largest absolute Gasteiger partial charge is 0.465 e. The summed E-state index contributed by atoms with van der Waals surface area (Å²) in [4.78, 5) is 14.2. The molecule has 0 bridgehead atoms. The molecule has 2 aliphatic heterocycles. The van der Waals surface area contributed by atoms with Gasteiger partial charge in [-0.3, -0.25) is 4.90 Å². The average molecular weight is 697 g/mol.